The second kappa shape index (κ2) is 4.55. The fourth-order valence-corrected chi connectivity index (χ4v) is 1.79. The first-order chi connectivity index (χ1) is 8.47. The Labute approximate surface area is 100 Å². The third kappa shape index (κ3) is 2.36. The van der Waals surface area contributed by atoms with E-state index in [-0.39, 0.29) is 24.6 Å². The molecule has 0 spiro atoms. The zero-order chi connectivity index (χ0) is 13.3. The maximum atomic E-state index is 13.3. The lowest BCUT2D eigenvalue weighted by molar-refractivity contribution is -0.386. The van der Waals surface area contributed by atoms with Gasteiger partial charge < -0.3 is 10.6 Å². The number of nitro benzene ring substituents is 1. The molecule has 0 aromatic heterocycles. The molecule has 1 unspecified atom stereocenters. The molecule has 2 N–H and O–H groups in total. The monoisotopic (exact) mass is 257 g/mol. The number of carbonyl (C=O) groups excluding carboxylic acids is 1. The molecule has 6 nitrogen and oxygen atoms in total. The van der Waals surface area contributed by atoms with Gasteiger partial charge >= 0.3 is 5.69 Å². The third-order valence-electron chi connectivity index (χ3n) is 2.55. The summed E-state index contributed by atoms with van der Waals surface area (Å²) in [5.74, 6) is -2.38. The summed E-state index contributed by atoms with van der Waals surface area (Å²) in [6.45, 7) is 0.258. The number of amides is 1. The number of halogens is 2. The molecular weight excluding hydrogens is 248 g/mol. The Hall–Kier alpha value is -2.25. The minimum absolute atomic E-state index is 0.106. The first-order valence-electron chi connectivity index (χ1n) is 5.14. The average Bonchev–Trinajstić information content (AvgIpc) is 2.62. The maximum Gasteiger partial charge on any atom is 0.327 e. The molecule has 1 atom stereocenters. The lowest BCUT2D eigenvalue weighted by atomic mass is 10.2. The number of rotatable bonds is 3. The van der Waals surface area contributed by atoms with E-state index in [9.17, 15) is 23.7 Å². The van der Waals surface area contributed by atoms with Crippen LogP contribution in [0.25, 0.3) is 0 Å². The van der Waals surface area contributed by atoms with Gasteiger partial charge in [0.15, 0.2) is 0 Å². The van der Waals surface area contributed by atoms with Crippen LogP contribution in [0.15, 0.2) is 12.1 Å². The van der Waals surface area contributed by atoms with Crippen molar-refractivity contribution in [3.8, 4) is 0 Å². The number of nitrogens with one attached hydrogen (secondary N) is 2. The Morgan fingerprint density at radius 2 is 2.17 bits per heavy atom. The second-order valence-electron chi connectivity index (χ2n) is 3.89. The molecule has 1 saturated heterocycles. The molecule has 18 heavy (non-hydrogen) atoms. The van der Waals surface area contributed by atoms with Crippen LogP contribution >= 0.6 is 0 Å². The van der Waals surface area contributed by atoms with Crippen LogP contribution in [-0.2, 0) is 4.79 Å². The quantitative estimate of drug-likeness (QED) is 0.629. The predicted molar refractivity (Wildman–Crippen MR) is 58.0 cm³/mol. The Morgan fingerprint density at radius 3 is 2.72 bits per heavy atom. The van der Waals surface area contributed by atoms with Crippen LogP contribution in [0.3, 0.4) is 0 Å². The van der Waals surface area contributed by atoms with E-state index in [0.29, 0.717) is 6.07 Å². The minimum Gasteiger partial charge on any atom is -0.374 e. The van der Waals surface area contributed by atoms with Crippen molar-refractivity contribution < 1.29 is 18.5 Å². The average molecular weight is 257 g/mol. The van der Waals surface area contributed by atoms with Gasteiger partial charge in [0.25, 0.3) is 0 Å². The molecule has 2 rings (SSSR count). The summed E-state index contributed by atoms with van der Waals surface area (Å²) < 4.78 is 26.3. The first-order valence-corrected chi connectivity index (χ1v) is 5.14. The highest BCUT2D eigenvalue weighted by molar-refractivity contribution is 5.80. The van der Waals surface area contributed by atoms with Gasteiger partial charge in [0.1, 0.15) is 11.5 Å². The third-order valence-corrected chi connectivity index (χ3v) is 2.55. The fourth-order valence-electron chi connectivity index (χ4n) is 1.79. The number of hydrogen-bond donors (Lipinski definition) is 2. The SMILES string of the molecule is O=C1CC(Nc2cc(F)cc(F)c2[N+](=O)[O-])CN1. The summed E-state index contributed by atoms with van der Waals surface area (Å²) in [5.41, 5.74) is -1.09. The summed E-state index contributed by atoms with van der Waals surface area (Å²) in [4.78, 5) is 20.7. The highest BCUT2D eigenvalue weighted by Crippen LogP contribution is 2.29. The highest BCUT2D eigenvalue weighted by Gasteiger charge is 2.27. The number of hydrogen-bond acceptors (Lipinski definition) is 4. The zero-order valence-electron chi connectivity index (χ0n) is 9.07. The van der Waals surface area contributed by atoms with Crippen LogP contribution in [0.5, 0.6) is 0 Å². The van der Waals surface area contributed by atoms with Gasteiger partial charge in [-0.1, -0.05) is 0 Å². The summed E-state index contributed by atoms with van der Waals surface area (Å²) in [5, 5.41) is 15.8. The molecule has 1 heterocycles. The highest BCUT2D eigenvalue weighted by atomic mass is 19.1. The molecule has 1 fully saturated rings. The number of benzene rings is 1. The molecule has 1 aliphatic heterocycles. The van der Waals surface area contributed by atoms with Crippen molar-refractivity contribution in [1.29, 1.82) is 0 Å². The normalized spacial score (nSPS) is 18.6. The van der Waals surface area contributed by atoms with E-state index in [4.69, 9.17) is 0 Å². The molecule has 0 bridgehead atoms. The second-order valence-corrected chi connectivity index (χ2v) is 3.89. The van der Waals surface area contributed by atoms with E-state index in [0.717, 1.165) is 6.07 Å². The van der Waals surface area contributed by atoms with Gasteiger partial charge in [0, 0.05) is 25.1 Å². The Kier molecular flexibility index (Phi) is 3.09. The van der Waals surface area contributed by atoms with Crippen molar-refractivity contribution in [3.63, 3.8) is 0 Å². The van der Waals surface area contributed by atoms with Crippen LogP contribution < -0.4 is 10.6 Å². The van der Waals surface area contributed by atoms with Gasteiger partial charge in [-0.15, -0.1) is 0 Å². The smallest absolute Gasteiger partial charge is 0.327 e. The largest absolute Gasteiger partial charge is 0.374 e. The summed E-state index contributed by atoms with van der Waals surface area (Å²) in [7, 11) is 0. The van der Waals surface area contributed by atoms with E-state index in [2.05, 4.69) is 10.6 Å². The van der Waals surface area contributed by atoms with Crippen molar-refractivity contribution in [2.24, 2.45) is 0 Å². The van der Waals surface area contributed by atoms with Crippen LogP contribution in [0.1, 0.15) is 6.42 Å². The molecule has 8 heteroatoms. The molecule has 1 aromatic carbocycles. The topological polar surface area (TPSA) is 84.3 Å². The lowest BCUT2D eigenvalue weighted by Crippen LogP contribution is -2.23. The van der Waals surface area contributed by atoms with Crippen molar-refractivity contribution in [2.75, 3.05) is 11.9 Å². The van der Waals surface area contributed by atoms with E-state index in [1.165, 1.54) is 0 Å². The number of carbonyl (C=O) groups is 1. The van der Waals surface area contributed by atoms with Gasteiger partial charge in [-0.2, -0.15) is 4.39 Å². The minimum atomic E-state index is -1.25. The van der Waals surface area contributed by atoms with Crippen LogP contribution in [-0.4, -0.2) is 23.4 Å². The first kappa shape index (κ1) is 12.2. The number of nitrogens with zero attached hydrogens (tertiary/aromatic N) is 1. The van der Waals surface area contributed by atoms with Crippen LogP contribution in [0.4, 0.5) is 20.2 Å². The fraction of sp³-hybridized carbons (Fsp3) is 0.300. The van der Waals surface area contributed by atoms with Gasteiger partial charge in [0.05, 0.1) is 11.0 Å². The molecule has 1 aromatic rings. The van der Waals surface area contributed by atoms with E-state index < -0.39 is 28.3 Å². The summed E-state index contributed by atoms with van der Waals surface area (Å²) >= 11 is 0. The van der Waals surface area contributed by atoms with Crippen molar-refractivity contribution in [2.45, 2.75) is 12.5 Å². The lowest BCUT2D eigenvalue weighted by Gasteiger charge is -2.12. The van der Waals surface area contributed by atoms with Crippen LogP contribution in [0.2, 0.25) is 0 Å². The Morgan fingerprint density at radius 1 is 1.44 bits per heavy atom. The molecule has 0 radical (unpaired) electrons. The molecule has 1 amide bonds. The van der Waals surface area contributed by atoms with E-state index in [1.54, 1.807) is 0 Å². The molecule has 0 aliphatic carbocycles. The molecular formula is C10H9F2N3O3. The summed E-state index contributed by atoms with van der Waals surface area (Å²) in [6, 6.07) is 0.864. The van der Waals surface area contributed by atoms with Crippen LogP contribution in [0, 0.1) is 21.7 Å². The molecule has 1 aliphatic rings. The number of anilines is 1. The van der Waals surface area contributed by atoms with Gasteiger partial charge in [0.2, 0.25) is 11.7 Å². The van der Waals surface area contributed by atoms with Gasteiger partial charge in [-0.05, 0) is 0 Å². The molecule has 96 valence electrons. The van der Waals surface area contributed by atoms with Crippen molar-refractivity contribution in [1.82, 2.24) is 5.32 Å². The Bertz CT molecular complexity index is 521. The standard InChI is InChI=1S/C10H9F2N3O3/c11-5-1-7(12)10(15(17)18)8(2-5)14-6-3-9(16)13-4-6/h1-2,6,14H,3-4H2,(H,13,16). The number of nitro groups is 1. The van der Waals surface area contributed by atoms with Gasteiger partial charge in [-0.25, -0.2) is 4.39 Å². The van der Waals surface area contributed by atoms with E-state index in [1.807, 2.05) is 0 Å². The maximum absolute atomic E-state index is 13.3. The zero-order valence-corrected chi connectivity index (χ0v) is 9.07. The van der Waals surface area contributed by atoms with E-state index >= 15 is 0 Å². The molecule has 0 saturated carbocycles. The Balaban J connectivity index is 2.31. The summed E-state index contributed by atoms with van der Waals surface area (Å²) in [6.07, 6.45) is 0.106. The predicted octanol–water partition coefficient (Wildman–Crippen LogP) is 1.17. The van der Waals surface area contributed by atoms with Crippen molar-refractivity contribution >= 4 is 17.3 Å². The van der Waals surface area contributed by atoms with Crippen molar-refractivity contribution in [3.05, 3.63) is 33.9 Å². The van der Waals surface area contributed by atoms with Gasteiger partial charge in [-0.3, -0.25) is 14.9 Å².